The van der Waals surface area contributed by atoms with Crippen LogP contribution in [0.2, 0.25) is 0 Å². The highest BCUT2D eigenvalue weighted by Gasteiger charge is 2.23. The molecule has 0 spiro atoms. The fraction of sp³-hybridized carbons (Fsp3) is 0.154. The fourth-order valence-corrected chi connectivity index (χ4v) is 1.84. The third-order valence-corrected chi connectivity index (χ3v) is 2.74. The van der Waals surface area contributed by atoms with Crippen molar-refractivity contribution in [1.82, 2.24) is 9.97 Å². The summed E-state index contributed by atoms with van der Waals surface area (Å²) in [7, 11) is 0. The van der Waals surface area contributed by atoms with Crippen molar-refractivity contribution in [3.8, 4) is 0 Å². The molecule has 2 aromatic heterocycles. The molecule has 1 atom stereocenters. The Hall–Kier alpha value is -2.23. The van der Waals surface area contributed by atoms with Crippen molar-refractivity contribution in [2.24, 2.45) is 5.16 Å². The van der Waals surface area contributed by atoms with Gasteiger partial charge in [0.25, 0.3) is 0 Å². The van der Waals surface area contributed by atoms with Gasteiger partial charge in [-0.2, -0.15) is 0 Å². The Morgan fingerprint density at radius 2 is 1.94 bits per heavy atom. The molecule has 3 rings (SSSR count). The van der Waals surface area contributed by atoms with Gasteiger partial charge in [-0.15, -0.1) is 0 Å². The average Bonchev–Trinajstić information content (AvgIpc) is 2.90. The van der Waals surface area contributed by atoms with E-state index in [1.54, 1.807) is 24.8 Å². The minimum Gasteiger partial charge on any atom is -0.387 e. The summed E-state index contributed by atoms with van der Waals surface area (Å²) in [6.07, 6.45) is 7.85. The molecule has 17 heavy (non-hydrogen) atoms. The Balaban J connectivity index is 1.78. The maximum Gasteiger partial charge on any atom is 0.158 e. The van der Waals surface area contributed by atoms with Crippen LogP contribution in [0.4, 0.5) is 0 Å². The molecule has 1 aliphatic heterocycles. The van der Waals surface area contributed by atoms with E-state index >= 15 is 0 Å². The molecule has 4 heteroatoms. The number of oxime groups is 1. The minimum atomic E-state index is -0.00629. The first-order chi connectivity index (χ1) is 8.43. The van der Waals surface area contributed by atoms with E-state index in [0.717, 1.165) is 23.3 Å². The predicted octanol–water partition coefficient (Wildman–Crippen LogP) is 2.34. The van der Waals surface area contributed by atoms with Crippen LogP contribution in [0, 0.1) is 0 Å². The van der Waals surface area contributed by atoms with E-state index in [9.17, 15) is 0 Å². The van der Waals surface area contributed by atoms with Gasteiger partial charge in [-0.1, -0.05) is 5.16 Å². The topological polar surface area (TPSA) is 47.4 Å². The Kier molecular flexibility index (Phi) is 2.54. The predicted molar refractivity (Wildman–Crippen MR) is 63.5 cm³/mol. The van der Waals surface area contributed by atoms with Gasteiger partial charge >= 0.3 is 0 Å². The summed E-state index contributed by atoms with van der Waals surface area (Å²) in [6.45, 7) is 0. The van der Waals surface area contributed by atoms with Crippen LogP contribution in [0.1, 0.15) is 23.7 Å². The van der Waals surface area contributed by atoms with Crippen molar-refractivity contribution >= 4 is 5.71 Å². The van der Waals surface area contributed by atoms with Crippen molar-refractivity contribution < 1.29 is 4.84 Å². The van der Waals surface area contributed by atoms with Crippen LogP contribution in [-0.2, 0) is 4.84 Å². The first kappa shape index (κ1) is 9.96. The van der Waals surface area contributed by atoms with Crippen molar-refractivity contribution in [2.45, 2.75) is 12.5 Å². The van der Waals surface area contributed by atoms with Crippen LogP contribution >= 0.6 is 0 Å². The maximum absolute atomic E-state index is 5.44. The first-order valence-electron chi connectivity index (χ1n) is 5.46. The van der Waals surface area contributed by atoms with Gasteiger partial charge in [-0.25, -0.2) is 0 Å². The quantitative estimate of drug-likeness (QED) is 0.788. The Morgan fingerprint density at radius 3 is 2.71 bits per heavy atom. The van der Waals surface area contributed by atoms with Crippen LogP contribution in [0.3, 0.4) is 0 Å². The third-order valence-electron chi connectivity index (χ3n) is 2.74. The molecule has 0 saturated carbocycles. The highest BCUT2D eigenvalue weighted by molar-refractivity contribution is 6.01. The van der Waals surface area contributed by atoms with E-state index in [0.29, 0.717) is 0 Å². The van der Waals surface area contributed by atoms with E-state index < -0.39 is 0 Å². The monoisotopic (exact) mass is 225 g/mol. The van der Waals surface area contributed by atoms with Gasteiger partial charge in [-0.05, 0) is 29.8 Å². The van der Waals surface area contributed by atoms with Gasteiger partial charge < -0.3 is 4.84 Å². The van der Waals surface area contributed by atoms with Crippen LogP contribution in [-0.4, -0.2) is 15.7 Å². The molecule has 84 valence electrons. The van der Waals surface area contributed by atoms with Crippen LogP contribution in [0.25, 0.3) is 0 Å². The van der Waals surface area contributed by atoms with Crippen LogP contribution < -0.4 is 0 Å². The largest absolute Gasteiger partial charge is 0.387 e. The second-order valence-corrected chi connectivity index (χ2v) is 3.86. The number of pyridine rings is 2. The third kappa shape index (κ3) is 2.01. The fourth-order valence-electron chi connectivity index (χ4n) is 1.84. The molecule has 0 fully saturated rings. The summed E-state index contributed by atoms with van der Waals surface area (Å²) < 4.78 is 0. The molecule has 1 unspecified atom stereocenters. The molecule has 0 saturated heterocycles. The zero-order valence-electron chi connectivity index (χ0n) is 9.15. The lowest BCUT2D eigenvalue weighted by Gasteiger charge is -2.06. The van der Waals surface area contributed by atoms with E-state index in [2.05, 4.69) is 15.1 Å². The van der Waals surface area contributed by atoms with E-state index in [4.69, 9.17) is 4.84 Å². The molecular weight excluding hydrogens is 214 g/mol. The maximum atomic E-state index is 5.44. The summed E-state index contributed by atoms with van der Waals surface area (Å²) in [6, 6.07) is 7.79. The van der Waals surface area contributed by atoms with Gasteiger partial charge in [0.15, 0.2) is 6.10 Å². The highest BCUT2D eigenvalue weighted by Crippen LogP contribution is 2.28. The van der Waals surface area contributed by atoms with Gasteiger partial charge in [-0.3, -0.25) is 9.97 Å². The lowest BCUT2D eigenvalue weighted by atomic mass is 10.0. The van der Waals surface area contributed by atoms with Crippen molar-refractivity contribution in [3.05, 3.63) is 60.2 Å². The Morgan fingerprint density at radius 1 is 1.06 bits per heavy atom. The van der Waals surface area contributed by atoms with E-state index in [1.165, 1.54) is 0 Å². The van der Waals surface area contributed by atoms with Gasteiger partial charge in [0, 0.05) is 36.8 Å². The standard InChI is InChI=1S/C13H11N3O/c1-2-11(9-15-5-1)12-8-13(17-16-12)10-3-6-14-7-4-10/h1-7,9,13H,8H2. The second-order valence-electron chi connectivity index (χ2n) is 3.86. The number of aromatic nitrogens is 2. The molecule has 0 amide bonds. The summed E-state index contributed by atoms with van der Waals surface area (Å²) >= 11 is 0. The van der Waals surface area contributed by atoms with Gasteiger partial charge in [0.2, 0.25) is 0 Å². The zero-order chi connectivity index (χ0) is 11.5. The number of hydrogen-bond acceptors (Lipinski definition) is 4. The summed E-state index contributed by atoms with van der Waals surface area (Å²) in [5.74, 6) is 0. The number of hydrogen-bond donors (Lipinski definition) is 0. The highest BCUT2D eigenvalue weighted by atomic mass is 16.6. The molecule has 0 aliphatic carbocycles. The normalized spacial score (nSPS) is 18.6. The van der Waals surface area contributed by atoms with Crippen molar-refractivity contribution in [3.63, 3.8) is 0 Å². The molecular formula is C13H11N3O. The zero-order valence-corrected chi connectivity index (χ0v) is 9.15. The number of nitrogens with zero attached hydrogens (tertiary/aromatic N) is 3. The van der Waals surface area contributed by atoms with Crippen molar-refractivity contribution in [2.75, 3.05) is 0 Å². The molecule has 0 radical (unpaired) electrons. The molecule has 0 N–H and O–H groups in total. The van der Waals surface area contributed by atoms with E-state index in [-0.39, 0.29) is 6.10 Å². The van der Waals surface area contributed by atoms with Crippen molar-refractivity contribution in [1.29, 1.82) is 0 Å². The summed E-state index contributed by atoms with van der Waals surface area (Å²) in [5, 5.41) is 4.12. The lowest BCUT2D eigenvalue weighted by Crippen LogP contribution is -2.01. The van der Waals surface area contributed by atoms with Crippen LogP contribution in [0.5, 0.6) is 0 Å². The average molecular weight is 225 g/mol. The molecule has 4 nitrogen and oxygen atoms in total. The minimum absolute atomic E-state index is 0.00629. The molecule has 3 heterocycles. The second kappa shape index (κ2) is 4.33. The molecule has 0 bridgehead atoms. The molecule has 2 aromatic rings. The smallest absolute Gasteiger partial charge is 0.158 e. The van der Waals surface area contributed by atoms with Gasteiger partial charge in [0.1, 0.15) is 0 Å². The first-order valence-corrected chi connectivity index (χ1v) is 5.46. The van der Waals surface area contributed by atoms with Crippen LogP contribution in [0.15, 0.2) is 54.2 Å². The van der Waals surface area contributed by atoms with E-state index in [1.807, 2.05) is 24.3 Å². The summed E-state index contributed by atoms with van der Waals surface area (Å²) in [4.78, 5) is 13.5. The summed E-state index contributed by atoms with van der Waals surface area (Å²) in [5.41, 5.74) is 3.06. The number of rotatable bonds is 2. The molecule has 0 aromatic carbocycles. The lowest BCUT2D eigenvalue weighted by molar-refractivity contribution is 0.0857. The molecule has 1 aliphatic rings. The SMILES string of the molecule is c1cncc(C2=NOC(c3ccncc3)C2)c1. The van der Waals surface area contributed by atoms with Gasteiger partial charge in [0.05, 0.1) is 5.71 Å². The Labute approximate surface area is 99.0 Å². The Bertz CT molecular complexity index is 525.